The van der Waals surface area contributed by atoms with Crippen molar-refractivity contribution in [2.45, 2.75) is 19.8 Å². The molecule has 1 aromatic heterocycles. The second-order valence-corrected chi connectivity index (χ2v) is 6.97. The van der Waals surface area contributed by atoms with Crippen LogP contribution in [0.5, 0.6) is 0 Å². The number of nitrogens with one attached hydrogen (secondary N) is 1. The molecule has 3 rings (SSSR count). The van der Waals surface area contributed by atoms with Gasteiger partial charge in [0.2, 0.25) is 0 Å². The van der Waals surface area contributed by atoms with Gasteiger partial charge in [0.1, 0.15) is 6.33 Å². The zero-order chi connectivity index (χ0) is 19.2. The van der Waals surface area contributed by atoms with Crippen LogP contribution in [-0.2, 0) is 6.42 Å². The van der Waals surface area contributed by atoms with Gasteiger partial charge in [-0.3, -0.25) is 4.79 Å². The average Bonchev–Trinajstić information content (AvgIpc) is 2.68. The summed E-state index contributed by atoms with van der Waals surface area (Å²) in [4.78, 5) is 21.2. The fourth-order valence-electron chi connectivity index (χ4n) is 2.84. The van der Waals surface area contributed by atoms with Gasteiger partial charge in [0.15, 0.2) is 0 Å². The van der Waals surface area contributed by atoms with Crippen LogP contribution in [-0.4, -0.2) is 22.4 Å². The summed E-state index contributed by atoms with van der Waals surface area (Å²) in [6.07, 6.45) is 3.20. The van der Waals surface area contributed by atoms with Crippen molar-refractivity contribution in [3.63, 3.8) is 0 Å². The summed E-state index contributed by atoms with van der Waals surface area (Å²) in [6.45, 7) is 2.37. The molecule has 0 unspecified atom stereocenters. The van der Waals surface area contributed by atoms with E-state index in [0.717, 1.165) is 18.4 Å². The topological polar surface area (TPSA) is 54.9 Å². The van der Waals surface area contributed by atoms with Gasteiger partial charge in [-0.15, -0.1) is 0 Å². The minimum Gasteiger partial charge on any atom is -0.352 e. The molecule has 1 N–H and O–H groups in total. The second-order valence-electron chi connectivity index (χ2n) is 6.16. The van der Waals surface area contributed by atoms with Crippen LogP contribution in [0.15, 0.2) is 54.9 Å². The molecule has 0 aliphatic heterocycles. The van der Waals surface area contributed by atoms with Crippen LogP contribution >= 0.6 is 23.2 Å². The van der Waals surface area contributed by atoms with Gasteiger partial charge >= 0.3 is 0 Å². The molecule has 3 aromatic rings. The minimum atomic E-state index is -0.192. The highest BCUT2D eigenvalue weighted by Crippen LogP contribution is 2.29. The Kier molecular flexibility index (Phi) is 6.43. The van der Waals surface area contributed by atoms with Crippen molar-refractivity contribution in [1.82, 2.24) is 15.3 Å². The summed E-state index contributed by atoms with van der Waals surface area (Å²) < 4.78 is 0. The Hall–Kier alpha value is -2.43. The highest BCUT2D eigenvalue weighted by atomic mass is 35.5. The quantitative estimate of drug-likeness (QED) is 0.585. The fourth-order valence-corrected chi connectivity index (χ4v) is 3.13. The molecule has 0 fully saturated rings. The summed E-state index contributed by atoms with van der Waals surface area (Å²) in [5.41, 5.74) is 3.59. The van der Waals surface area contributed by atoms with E-state index in [2.05, 4.69) is 27.4 Å². The number of aromatic nitrogens is 2. The maximum atomic E-state index is 12.8. The van der Waals surface area contributed by atoms with Crippen LogP contribution in [0.4, 0.5) is 0 Å². The molecular formula is C21H19Cl2N3O. The molecule has 138 valence electrons. The predicted octanol–water partition coefficient (Wildman–Crippen LogP) is 5.12. The summed E-state index contributed by atoms with van der Waals surface area (Å²) in [5.74, 6) is -0.192. The molecule has 1 amide bonds. The number of carbonyl (C=O) groups is 1. The standard InChI is InChI=1S/C21H19Cl2N3O/c1-14-19(21(27)24-11-5-8-15-6-3-2-4-7-15)20(26-13-25-14)16-9-10-17(22)18(23)12-16/h2-4,6-7,9-10,12-13H,5,8,11H2,1H3,(H,24,27). The van der Waals surface area contributed by atoms with Crippen molar-refractivity contribution in [3.8, 4) is 11.3 Å². The highest BCUT2D eigenvalue weighted by Gasteiger charge is 2.18. The van der Waals surface area contributed by atoms with Crippen LogP contribution in [0.1, 0.15) is 28.0 Å². The van der Waals surface area contributed by atoms with Gasteiger partial charge in [-0.1, -0.05) is 59.6 Å². The number of hydrogen-bond acceptors (Lipinski definition) is 3. The van der Waals surface area contributed by atoms with Gasteiger partial charge in [-0.25, -0.2) is 9.97 Å². The maximum absolute atomic E-state index is 12.8. The highest BCUT2D eigenvalue weighted by molar-refractivity contribution is 6.42. The molecule has 0 saturated heterocycles. The van der Waals surface area contributed by atoms with Gasteiger partial charge in [0, 0.05) is 12.1 Å². The zero-order valence-electron chi connectivity index (χ0n) is 14.9. The summed E-state index contributed by atoms with van der Waals surface area (Å²) in [5, 5.41) is 3.84. The van der Waals surface area contributed by atoms with E-state index >= 15 is 0 Å². The Morgan fingerprint density at radius 3 is 2.56 bits per heavy atom. The van der Waals surface area contributed by atoms with Crippen LogP contribution in [0, 0.1) is 6.92 Å². The molecule has 0 aliphatic rings. The Bertz CT molecular complexity index is 945. The molecular weight excluding hydrogens is 381 g/mol. The van der Waals surface area contributed by atoms with Gasteiger partial charge in [-0.05, 0) is 37.5 Å². The first-order valence-electron chi connectivity index (χ1n) is 8.65. The minimum absolute atomic E-state index is 0.192. The molecule has 4 nitrogen and oxygen atoms in total. The number of aryl methyl sites for hydroxylation is 2. The molecule has 0 radical (unpaired) electrons. The van der Waals surface area contributed by atoms with E-state index in [4.69, 9.17) is 23.2 Å². The maximum Gasteiger partial charge on any atom is 0.255 e. The van der Waals surface area contributed by atoms with Crippen molar-refractivity contribution in [3.05, 3.63) is 81.7 Å². The lowest BCUT2D eigenvalue weighted by Gasteiger charge is -2.12. The van der Waals surface area contributed by atoms with Crippen molar-refractivity contribution < 1.29 is 4.79 Å². The van der Waals surface area contributed by atoms with Gasteiger partial charge in [-0.2, -0.15) is 0 Å². The smallest absolute Gasteiger partial charge is 0.255 e. The summed E-state index contributed by atoms with van der Waals surface area (Å²) >= 11 is 12.1. The lowest BCUT2D eigenvalue weighted by molar-refractivity contribution is 0.0952. The monoisotopic (exact) mass is 399 g/mol. The molecule has 0 bridgehead atoms. The van der Waals surface area contributed by atoms with Crippen LogP contribution in [0.25, 0.3) is 11.3 Å². The van der Waals surface area contributed by atoms with Gasteiger partial charge < -0.3 is 5.32 Å². The third-order valence-electron chi connectivity index (χ3n) is 4.23. The lowest BCUT2D eigenvalue weighted by Crippen LogP contribution is -2.26. The Morgan fingerprint density at radius 2 is 1.81 bits per heavy atom. The number of rotatable bonds is 6. The second kappa shape index (κ2) is 8.98. The van der Waals surface area contributed by atoms with Crippen molar-refractivity contribution >= 4 is 29.1 Å². The molecule has 0 aliphatic carbocycles. The number of carbonyl (C=O) groups excluding carboxylic acids is 1. The number of halogens is 2. The van der Waals surface area contributed by atoms with E-state index in [1.807, 2.05) is 18.2 Å². The average molecular weight is 400 g/mol. The summed E-state index contributed by atoms with van der Waals surface area (Å²) in [7, 11) is 0. The van der Waals surface area contributed by atoms with E-state index in [1.165, 1.54) is 11.9 Å². The number of hydrogen-bond donors (Lipinski definition) is 1. The van der Waals surface area contributed by atoms with Crippen LogP contribution in [0.2, 0.25) is 10.0 Å². The van der Waals surface area contributed by atoms with E-state index in [-0.39, 0.29) is 5.91 Å². The van der Waals surface area contributed by atoms with E-state index in [1.54, 1.807) is 25.1 Å². The van der Waals surface area contributed by atoms with E-state index in [9.17, 15) is 4.79 Å². The Labute approximate surface area is 168 Å². The number of amides is 1. The molecule has 0 saturated carbocycles. The first-order valence-corrected chi connectivity index (χ1v) is 9.41. The number of benzene rings is 2. The first kappa shape index (κ1) is 19.3. The molecule has 6 heteroatoms. The van der Waals surface area contributed by atoms with Crippen LogP contribution in [0.3, 0.4) is 0 Å². The zero-order valence-corrected chi connectivity index (χ0v) is 16.4. The predicted molar refractivity (Wildman–Crippen MR) is 109 cm³/mol. The van der Waals surface area contributed by atoms with Gasteiger partial charge in [0.05, 0.1) is 27.0 Å². The SMILES string of the molecule is Cc1ncnc(-c2ccc(Cl)c(Cl)c2)c1C(=O)NCCCc1ccccc1. The third kappa shape index (κ3) is 4.85. The summed E-state index contributed by atoms with van der Waals surface area (Å²) in [6, 6.07) is 15.4. The number of nitrogens with zero attached hydrogens (tertiary/aromatic N) is 2. The fraction of sp³-hybridized carbons (Fsp3) is 0.190. The first-order chi connectivity index (χ1) is 13.1. The third-order valence-corrected chi connectivity index (χ3v) is 4.97. The van der Waals surface area contributed by atoms with Gasteiger partial charge in [0.25, 0.3) is 5.91 Å². The van der Waals surface area contributed by atoms with Crippen molar-refractivity contribution in [2.24, 2.45) is 0 Å². The normalized spacial score (nSPS) is 10.6. The molecule has 27 heavy (non-hydrogen) atoms. The van der Waals surface area contributed by atoms with Crippen molar-refractivity contribution in [2.75, 3.05) is 6.54 Å². The molecule has 1 heterocycles. The molecule has 0 spiro atoms. The van der Waals surface area contributed by atoms with Crippen LogP contribution < -0.4 is 5.32 Å². The van der Waals surface area contributed by atoms with Crippen molar-refractivity contribution in [1.29, 1.82) is 0 Å². The molecule has 2 aromatic carbocycles. The Balaban J connectivity index is 1.73. The Morgan fingerprint density at radius 1 is 1.04 bits per heavy atom. The lowest BCUT2D eigenvalue weighted by atomic mass is 10.0. The van der Waals surface area contributed by atoms with E-state index < -0.39 is 0 Å². The van der Waals surface area contributed by atoms with E-state index in [0.29, 0.717) is 33.5 Å². The molecule has 0 atom stereocenters. The largest absolute Gasteiger partial charge is 0.352 e.